The van der Waals surface area contributed by atoms with E-state index in [2.05, 4.69) is 26.3 Å². The molecule has 0 aromatic heterocycles. The third-order valence-corrected chi connectivity index (χ3v) is 7.10. The van der Waals surface area contributed by atoms with Crippen molar-refractivity contribution in [2.24, 2.45) is 28.3 Å². The van der Waals surface area contributed by atoms with Gasteiger partial charge in [-0.1, -0.05) is 27.7 Å². The van der Waals surface area contributed by atoms with Gasteiger partial charge in [-0.3, -0.25) is 33.8 Å². The van der Waals surface area contributed by atoms with Crippen LogP contribution in [0.1, 0.15) is 47.0 Å². The molecule has 0 bridgehead atoms. The van der Waals surface area contributed by atoms with Crippen molar-refractivity contribution in [3.05, 3.63) is 0 Å². The van der Waals surface area contributed by atoms with Gasteiger partial charge in [0.2, 0.25) is 23.6 Å². The standard InChI is InChI=1S/C28H52N8O12.C2HF3O2/c1-13(2)9-16(34-25(46)20(14(3)4)35-26(47)23(44)22(43)21(42)17(38)12-37)24(45)32-10-18(39)33-15(7-6-8-31-28(29)30)27(48)36(5)11-19(40)41;3-2(4,5)1(6)7/h13-17,20-23,37-38,42-44H,6-12H2,1-5H3,(H,32,45)(H,33,39)(H,34,46)(H,35,47)(H,40,41)(H4,29,30,31);(H,6,7)/t15-,16-,17+,20-,21+,22-,23+;/m0./s1. The number of nitrogens with one attached hydrogen (secondary N) is 4. The van der Waals surface area contributed by atoms with Crippen LogP contribution in [0.25, 0.3) is 0 Å². The molecule has 0 fully saturated rings. The molecule has 0 saturated carbocycles. The van der Waals surface area contributed by atoms with E-state index in [0.717, 1.165) is 4.90 Å². The summed E-state index contributed by atoms with van der Waals surface area (Å²) in [6.45, 7) is 4.52. The van der Waals surface area contributed by atoms with Crippen molar-refractivity contribution in [1.29, 1.82) is 0 Å². The lowest BCUT2D eigenvalue weighted by Crippen LogP contribution is -2.59. The molecule has 0 radical (unpaired) electrons. The number of carboxylic acids is 2. The molecule has 0 heterocycles. The van der Waals surface area contributed by atoms with Gasteiger partial charge in [0, 0.05) is 13.6 Å². The molecule has 7 atom stereocenters. The summed E-state index contributed by atoms with van der Waals surface area (Å²) < 4.78 is 31.7. The van der Waals surface area contributed by atoms with Gasteiger partial charge in [-0.25, -0.2) is 4.79 Å². The number of halogens is 3. The summed E-state index contributed by atoms with van der Waals surface area (Å²) in [7, 11) is 1.24. The Labute approximate surface area is 313 Å². The molecule has 15 N–H and O–H groups in total. The minimum absolute atomic E-state index is 0.0420. The zero-order valence-corrected chi connectivity index (χ0v) is 30.8. The van der Waals surface area contributed by atoms with E-state index in [1.807, 2.05) is 0 Å². The van der Waals surface area contributed by atoms with Gasteiger partial charge in [0.25, 0.3) is 5.91 Å². The lowest BCUT2D eigenvalue weighted by molar-refractivity contribution is -0.192. The average Bonchev–Trinajstić information content (AvgIpc) is 3.07. The first-order valence-corrected chi connectivity index (χ1v) is 16.5. The molecule has 5 amide bonds. The molecule has 0 aliphatic carbocycles. The van der Waals surface area contributed by atoms with E-state index in [1.54, 1.807) is 27.7 Å². The molecule has 0 unspecified atom stereocenters. The second kappa shape index (κ2) is 25.3. The minimum atomic E-state index is -5.08. The monoisotopic (exact) mass is 806 g/mol. The molecule has 318 valence electrons. The molecule has 22 nitrogen and oxygen atoms in total. The summed E-state index contributed by atoms with van der Waals surface area (Å²) in [4.78, 5) is 89.1. The first-order valence-electron chi connectivity index (χ1n) is 16.5. The first kappa shape index (κ1) is 52.3. The Balaban J connectivity index is 0. The van der Waals surface area contributed by atoms with Crippen LogP contribution in [0.3, 0.4) is 0 Å². The number of aliphatic carboxylic acids is 2. The van der Waals surface area contributed by atoms with Crippen molar-refractivity contribution in [2.75, 3.05) is 33.3 Å². The fourth-order valence-electron chi connectivity index (χ4n) is 4.26. The number of amides is 5. The van der Waals surface area contributed by atoms with Gasteiger partial charge in [-0.05, 0) is 31.1 Å². The van der Waals surface area contributed by atoms with Crippen LogP contribution in [0.15, 0.2) is 4.99 Å². The summed E-state index contributed by atoms with van der Waals surface area (Å²) in [6, 6.07) is -3.73. The van der Waals surface area contributed by atoms with Gasteiger partial charge in [0.05, 0.1) is 13.2 Å². The minimum Gasteiger partial charge on any atom is -0.480 e. The lowest BCUT2D eigenvalue weighted by atomic mass is 9.98. The average molecular weight is 807 g/mol. The molecular weight excluding hydrogens is 753 g/mol. The van der Waals surface area contributed by atoms with Crippen molar-refractivity contribution in [1.82, 2.24) is 26.2 Å². The number of hydrogen-bond acceptors (Lipinski definition) is 13. The molecule has 0 aliphatic rings. The molecule has 55 heavy (non-hydrogen) atoms. The van der Waals surface area contributed by atoms with E-state index in [1.165, 1.54) is 7.05 Å². The maximum atomic E-state index is 13.2. The number of nitrogens with two attached hydrogens (primary N) is 2. The van der Waals surface area contributed by atoms with Crippen LogP contribution in [-0.4, -0.2) is 170 Å². The van der Waals surface area contributed by atoms with Gasteiger partial charge in [-0.15, -0.1) is 0 Å². The zero-order valence-electron chi connectivity index (χ0n) is 30.8. The fraction of sp³-hybridized carbons (Fsp3) is 0.733. The Bertz CT molecular complexity index is 1320. The summed E-state index contributed by atoms with van der Waals surface area (Å²) >= 11 is 0. The third-order valence-electron chi connectivity index (χ3n) is 7.10. The second-order valence-electron chi connectivity index (χ2n) is 12.8. The summed E-state index contributed by atoms with van der Waals surface area (Å²) in [5.74, 6) is -9.37. The Morgan fingerprint density at radius 3 is 1.80 bits per heavy atom. The van der Waals surface area contributed by atoms with E-state index in [4.69, 9.17) is 31.6 Å². The van der Waals surface area contributed by atoms with E-state index < -0.39 is 116 Å². The number of hydrogen-bond donors (Lipinski definition) is 13. The highest BCUT2D eigenvalue weighted by Gasteiger charge is 2.39. The van der Waals surface area contributed by atoms with Crippen LogP contribution in [0.4, 0.5) is 13.2 Å². The van der Waals surface area contributed by atoms with Gasteiger partial charge in [-0.2, -0.15) is 13.2 Å². The van der Waals surface area contributed by atoms with Crippen molar-refractivity contribution < 1.29 is 82.5 Å². The van der Waals surface area contributed by atoms with Crippen LogP contribution >= 0.6 is 0 Å². The van der Waals surface area contributed by atoms with Crippen molar-refractivity contribution in [3.63, 3.8) is 0 Å². The number of aliphatic hydroxyl groups is 5. The van der Waals surface area contributed by atoms with Gasteiger partial charge < -0.3 is 73.4 Å². The molecule has 25 heteroatoms. The molecule has 0 rings (SSSR count). The second-order valence-corrected chi connectivity index (χ2v) is 12.8. The number of carbonyl (C=O) groups is 7. The third kappa shape index (κ3) is 21.6. The van der Waals surface area contributed by atoms with Crippen LogP contribution < -0.4 is 32.7 Å². The number of aliphatic hydroxyl groups excluding tert-OH is 5. The largest absolute Gasteiger partial charge is 0.490 e. The smallest absolute Gasteiger partial charge is 0.480 e. The summed E-state index contributed by atoms with van der Waals surface area (Å²) in [5, 5.41) is 74.1. The normalized spacial score (nSPS) is 15.0. The topological polar surface area (TPSA) is 377 Å². The molecule has 0 aromatic rings. The van der Waals surface area contributed by atoms with Gasteiger partial charge in [0.1, 0.15) is 43.0 Å². The van der Waals surface area contributed by atoms with Crippen LogP contribution in [0.2, 0.25) is 0 Å². The Hall–Kier alpha value is -4.85. The van der Waals surface area contributed by atoms with Crippen LogP contribution in [0, 0.1) is 11.8 Å². The molecular formula is C30H53F3N8O14. The summed E-state index contributed by atoms with van der Waals surface area (Å²) in [6.07, 6.45) is -13.1. The maximum absolute atomic E-state index is 13.2. The Morgan fingerprint density at radius 2 is 1.36 bits per heavy atom. The fourth-order valence-corrected chi connectivity index (χ4v) is 4.26. The predicted molar refractivity (Wildman–Crippen MR) is 183 cm³/mol. The number of likely N-dealkylation sites (N-methyl/N-ethyl adjacent to an activating group) is 1. The summed E-state index contributed by atoms with van der Waals surface area (Å²) in [5.41, 5.74) is 10.6. The molecule has 0 aliphatic heterocycles. The first-order chi connectivity index (χ1) is 25.2. The Morgan fingerprint density at radius 1 is 0.818 bits per heavy atom. The van der Waals surface area contributed by atoms with Crippen molar-refractivity contribution >= 4 is 47.4 Å². The van der Waals surface area contributed by atoms with Gasteiger partial charge >= 0.3 is 18.1 Å². The highest BCUT2D eigenvalue weighted by atomic mass is 19.4. The number of carboxylic acid groups (broad SMARTS) is 2. The Kier molecular flexibility index (Phi) is 24.0. The van der Waals surface area contributed by atoms with E-state index in [-0.39, 0.29) is 37.7 Å². The SMILES string of the molecule is CC(C)C[C@H](NC(=O)[C@@H](NC(=O)[C@H](O)[C@@H](O)[C@H](O)[C@H](O)CO)C(C)C)C(=O)NCC(=O)N[C@@H](CCCN=C(N)N)C(=O)N(C)CC(=O)O.O=C(O)C(F)(F)F. The van der Waals surface area contributed by atoms with Crippen LogP contribution in [0.5, 0.6) is 0 Å². The number of nitrogens with zero attached hydrogens (tertiary/aromatic N) is 2. The number of rotatable bonds is 22. The molecule has 0 saturated heterocycles. The number of aliphatic imine (C=N–C) groups is 1. The molecule has 0 spiro atoms. The van der Waals surface area contributed by atoms with E-state index in [9.17, 15) is 62.4 Å². The highest BCUT2D eigenvalue weighted by Crippen LogP contribution is 2.13. The number of carbonyl (C=O) groups excluding carboxylic acids is 5. The van der Waals surface area contributed by atoms with Crippen molar-refractivity contribution in [3.8, 4) is 0 Å². The number of alkyl halides is 3. The van der Waals surface area contributed by atoms with Gasteiger partial charge in [0.15, 0.2) is 12.1 Å². The predicted octanol–water partition coefficient (Wildman–Crippen LogP) is -5.08. The maximum Gasteiger partial charge on any atom is 0.490 e. The van der Waals surface area contributed by atoms with Crippen LogP contribution in [-0.2, 0) is 33.6 Å². The lowest BCUT2D eigenvalue weighted by Gasteiger charge is -2.29. The highest BCUT2D eigenvalue weighted by molar-refractivity contribution is 5.95. The van der Waals surface area contributed by atoms with Crippen molar-refractivity contribution in [2.45, 2.75) is 95.7 Å². The van der Waals surface area contributed by atoms with E-state index >= 15 is 0 Å². The van der Waals surface area contributed by atoms with E-state index in [0.29, 0.717) is 0 Å². The quantitative estimate of drug-likeness (QED) is 0.0276. The zero-order chi connectivity index (χ0) is 43.4. The number of guanidine groups is 1. The molecule has 0 aromatic carbocycles.